The van der Waals surface area contributed by atoms with Crippen molar-refractivity contribution in [3.63, 3.8) is 0 Å². The van der Waals surface area contributed by atoms with Gasteiger partial charge in [0.1, 0.15) is 5.75 Å². The molecule has 0 radical (unpaired) electrons. The van der Waals surface area contributed by atoms with Crippen LogP contribution in [0.5, 0.6) is 5.75 Å². The third-order valence-electron chi connectivity index (χ3n) is 4.26. The number of nitrogens with zero attached hydrogens (tertiary/aromatic N) is 2. The van der Waals surface area contributed by atoms with Crippen LogP contribution < -0.4 is 10.1 Å². The fraction of sp³-hybridized carbons (Fsp3) is 0.579. The zero-order valence-corrected chi connectivity index (χ0v) is 15.3. The van der Waals surface area contributed by atoms with E-state index >= 15 is 0 Å². The van der Waals surface area contributed by atoms with Gasteiger partial charge in [-0.3, -0.25) is 14.5 Å². The fourth-order valence-electron chi connectivity index (χ4n) is 2.89. The average Bonchev–Trinajstić information content (AvgIpc) is 2.59. The summed E-state index contributed by atoms with van der Waals surface area (Å²) in [5.74, 6) is 1.08. The minimum absolute atomic E-state index is 0.0515. The molecule has 1 heterocycles. The van der Waals surface area contributed by atoms with Crippen LogP contribution in [0.3, 0.4) is 0 Å². The molecule has 6 nitrogen and oxygen atoms in total. The number of carbonyl (C=O) groups is 2. The van der Waals surface area contributed by atoms with Gasteiger partial charge >= 0.3 is 0 Å². The van der Waals surface area contributed by atoms with E-state index in [1.165, 1.54) is 5.56 Å². The lowest BCUT2D eigenvalue weighted by molar-refractivity contribution is -0.133. The lowest BCUT2D eigenvalue weighted by Gasteiger charge is -2.34. The highest BCUT2D eigenvalue weighted by Crippen LogP contribution is 2.13. The van der Waals surface area contributed by atoms with Crippen molar-refractivity contribution >= 4 is 11.8 Å². The molecule has 1 aromatic rings. The van der Waals surface area contributed by atoms with Gasteiger partial charge in [0.15, 0.2) is 0 Å². The number of ether oxygens (including phenoxy) is 1. The number of likely N-dealkylation sites (N-methyl/N-ethyl adjacent to an activating group) is 1. The first-order valence-corrected chi connectivity index (χ1v) is 9.04. The quantitative estimate of drug-likeness (QED) is 0.723. The first kappa shape index (κ1) is 19.2. The molecular formula is C19H29N3O3. The third kappa shape index (κ3) is 6.74. The molecule has 1 saturated heterocycles. The van der Waals surface area contributed by atoms with Crippen LogP contribution in [0.15, 0.2) is 24.3 Å². The van der Waals surface area contributed by atoms with Crippen molar-refractivity contribution in [3.05, 3.63) is 29.8 Å². The number of rotatable bonds is 8. The lowest BCUT2D eigenvalue weighted by atomic mass is 10.2. The highest BCUT2D eigenvalue weighted by Gasteiger charge is 2.21. The van der Waals surface area contributed by atoms with E-state index in [-0.39, 0.29) is 11.8 Å². The predicted octanol–water partition coefficient (Wildman–Crippen LogP) is 1.43. The second-order valence-electron chi connectivity index (χ2n) is 6.38. The summed E-state index contributed by atoms with van der Waals surface area (Å²) >= 11 is 0. The highest BCUT2D eigenvalue weighted by molar-refractivity contribution is 5.78. The monoisotopic (exact) mass is 347 g/mol. The number of aryl methyl sites for hydroxylation is 1. The summed E-state index contributed by atoms with van der Waals surface area (Å²) in [6, 6.07) is 7.93. The molecular weight excluding hydrogens is 318 g/mol. The Bertz CT molecular complexity index is 569. The van der Waals surface area contributed by atoms with Gasteiger partial charge in [0.25, 0.3) is 0 Å². The van der Waals surface area contributed by atoms with E-state index in [0.29, 0.717) is 45.6 Å². The standard InChI is InChI=1S/C19H29N3O3/c1-3-20-18(23)15-21-9-11-22(12-10-21)19(24)8-5-13-25-17-7-4-6-16(2)14-17/h4,6-7,14H,3,5,8-13,15H2,1-2H3,(H,20,23). The Morgan fingerprint density at radius 1 is 1.20 bits per heavy atom. The maximum atomic E-state index is 12.3. The van der Waals surface area contributed by atoms with Gasteiger partial charge in [-0.1, -0.05) is 12.1 Å². The SMILES string of the molecule is CCNC(=O)CN1CCN(C(=O)CCCOc2cccc(C)c2)CC1. The normalized spacial score (nSPS) is 15.0. The topological polar surface area (TPSA) is 61.9 Å². The number of carbonyl (C=O) groups excluding carboxylic acids is 2. The molecule has 6 heteroatoms. The van der Waals surface area contributed by atoms with E-state index < -0.39 is 0 Å². The van der Waals surface area contributed by atoms with Crippen LogP contribution >= 0.6 is 0 Å². The molecule has 0 unspecified atom stereocenters. The van der Waals surface area contributed by atoms with Crippen LogP contribution in [0.1, 0.15) is 25.3 Å². The average molecular weight is 347 g/mol. The van der Waals surface area contributed by atoms with Crippen molar-refractivity contribution in [1.82, 2.24) is 15.1 Å². The molecule has 0 aromatic heterocycles. The summed E-state index contributed by atoms with van der Waals surface area (Å²) in [5, 5.41) is 2.80. The van der Waals surface area contributed by atoms with Gasteiger partial charge in [0, 0.05) is 39.1 Å². The second-order valence-corrected chi connectivity index (χ2v) is 6.38. The van der Waals surface area contributed by atoms with Gasteiger partial charge in [-0.2, -0.15) is 0 Å². The van der Waals surface area contributed by atoms with Crippen molar-refractivity contribution in [2.24, 2.45) is 0 Å². The zero-order chi connectivity index (χ0) is 18.1. The minimum atomic E-state index is 0.0515. The van der Waals surface area contributed by atoms with E-state index in [4.69, 9.17) is 4.74 Å². The maximum absolute atomic E-state index is 12.3. The van der Waals surface area contributed by atoms with Crippen molar-refractivity contribution in [2.75, 3.05) is 45.9 Å². The Morgan fingerprint density at radius 3 is 2.64 bits per heavy atom. The number of benzene rings is 1. The molecule has 1 aromatic carbocycles. The van der Waals surface area contributed by atoms with Crippen LogP contribution in [-0.2, 0) is 9.59 Å². The first-order chi connectivity index (χ1) is 12.1. The van der Waals surface area contributed by atoms with Crippen molar-refractivity contribution in [3.8, 4) is 5.75 Å². The maximum Gasteiger partial charge on any atom is 0.234 e. The Hall–Kier alpha value is -2.08. The Morgan fingerprint density at radius 2 is 1.96 bits per heavy atom. The van der Waals surface area contributed by atoms with Crippen molar-refractivity contribution < 1.29 is 14.3 Å². The number of hydrogen-bond donors (Lipinski definition) is 1. The fourth-order valence-corrected chi connectivity index (χ4v) is 2.89. The molecule has 1 fully saturated rings. The first-order valence-electron chi connectivity index (χ1n) is 9.04. The van der Waals surface area contributed by atoms with Crippen LogP contribution in [0, 0.1) is 6.92 Å². The zero-order valence-electron chi connectivity index (χ0n) is 15.3. The minimum Gasteiger partial charge on any atom is -0.494 e. The number of piperazine rings is 1. The van der Waals surface area contributed by atoms with Crippen molar-refractivity contribution in [1.29, 1.82) is 0 Å². The molecule has 1 N–H and O–H groups in total. The van der Waals surface area contributed by atoms with Gasteiger partial charge in [0.2, 0.25) is 11.8 Å². The highest BCUT2D eigenvalue weighted by atomic mass is 16.5. The molecule has 0 saturated carbocycles. The third-order valence-corrected chi connectivity index (χ3v) is 4.26. The van der Waals surface area contributed by atoms with Gasteiger partial charge in [-0.25, -0.2) is 0 Å². The van der Waals surface area contributed by atoms with Gasteiger partial charge in [0.05, 0.1) is 13.2 Å². The number of nitrogens with one attached hydrogen (secondary N) is 1. The van der Waals surface area contributed by atoms with Gasteiger partial charge in [-0.15, -0.1) is 0 Å². The molecule has 1 aliphatic rings. The summed E-state index contributed by atoms with van der Waals surface area (Å²) in [6.45, 7) is 8.45. The predicted molar refractivity (Wildman–Crippen MR) is 97.6 cm³/mol. The van der Waals surface area contributed by atoms with Crippen LogP contribution in [-0.4, -0.2) is 67.5 Å². The molecule has 0 atom stereocenters. The Balaban J connectivity index is 1.61. The Labute approximate surface area is 150 Å². The lowest BCUT2D eigenvalue weighted by Crippen LogP contribution is -2.51. The number of hydrogen-bond acceptors (Lipinski definition) is 4. The van der Waals surface area contributed by atoms with Crippen LogP contribution in [0.4, 0.5) is 0 Å². The largest absolute Gasteiger partial charge is 0.494 e. The molecule has 1 aliphatic heterocycles. The summed E-state index contributed by atoms with van der Waals surface area (Å²) in [6.07, 6.45) is 1.22. The summed E-state index contributed by atoms with van der Waals surface area (Å²) < 4.78 is 5.68. The van der Waals surface area contributed by atoms with E-state index in [1.807, 2.05) is 43.0 Å². The van der Waals surface area contributed by atoms with Crippen molar-refractivity contribution in [2.45, 2.75) is 26.7 Å². The van der Waals surface area contributed by atoms with E-state index in [9.17, 15) is 9.59 Å². The molecule has 0 spiro atoms. The second kappa shape index (κ2) is 10.0. The summed E-state index contributed by atoms with van der Waals surface area (Å²) in [4.78, 5) is 27.8. The van der Waals surface area contributed by atoms with Crippen LogP contribution in [0.25, 0.3) is 0 Å². The van der Waals surface area contributed by atoms with Gasteiger partial charge < -0.3 is 15.0 Å². The summed E-state index contributed by atoms with van der Waals surface area (Å²) in [5.41, 5.74) is 1.17. The Kier molecular flexibility index (Phi) is 7.73. The molecule has 2 rings (SSSR count). The smallest absolute Gasteiger partial charge is 0.234 e. The number of amides is 2. The molecule has 2 amide bonds. The van der Waals surface area contributed by atoms with E-state index in [0.717, 1.165) is 18.8 Å². The molecule has 25 heavy (non-hydrogen) atoms. The van der Waals surface area contributed by atoms with E-state index in [2.05, 4.69) is 10.2 Å². The van der Waals surface area contributed by atoms with E-state index in [1.54, 1.807) is 0 Å². The molecule has 0 aliphatic carbocycles. The summed E-state index contributed by atoms with van der Waals surface area (Å²) in [7, 11) is 0. The molecule has 138 valence electrons. The van der Waals surface area contributed by atoms with Crippen LogP contribution in [0.2, 0.25) is 0 Å². The van der Waals surface area contributed by atoms with Gasteiger partial charge in [-0.05, 0) is 38.0 Å². The molecule has 0 bridgehead atoms.